The zero-order valence-corrected chi connectivity index (χ0v) is 4.39. The number of halogens is 5. The third-order valence-electron chi connectivity index (χ3n) is 0.332. The molecule has 9 heavy (non-hydrogen) atoms. The molecule has 0 aromatic heterocycles. The van der Waals surface area contributed by atoms with Crippen molar-refractivity contribution in [3.8, 4) is 0 Å². The number of hydrogen-bond acceptors (Lipinski definition) is 0. The van der Waals surface area contributed by atoms with E-state index in [2.05, 4.69) is 0 Å². The van der Waals surface area contributed by atoms with E-state index in [1.807, 2.05) is 0 Å². The van der Waals surface area contributed by atoms with Gasteiger partial charge in [0.05, 0.1) is 5.83 Å². The molecule has 0 nitrogen and oxygen atoms in total. The summed E-state index contributed by atoms with van der Waals surface area (Å²) in [4.78, 5) is 0. The maximum atomic E-state index is 10.9. The summed E-state index contributed by atoms with van der Waals surface area (Å²) in [6.07, 6.45) is -5.40. The summed E-state index contributed by atoms with van der Waals surface area (Å²) in [6, 6.07) is 0. The Bertz CT molecular complexity index is 103. The van der Waals surface area contributed by atoms with Crippen LogP contribution >= 0.6 is 0 Å². The average Bonchev–Trinajstić information content (AvgIpc) is 1.62. The second-order valence-electron chi connectivity index (χ2n) is 0.906. The van der Waals surface area contributed by atoms with Gasteiger partial charge in [0.25, 0.3) is 0 Å². The molecular formula is C3F5Li. The van der Waals surface area contributed by atoms with Crippen molar-refractivity contribution in [2.24, 2.45) is 0 Å². The smallest absolute Gasteiger partial charge is 0.455 e. The largest absolute Gasteiger partial charge is 1.00 e. The van der Waals surface area contributed by atoms with Crippen LogP contribution in [0.3, 0.4) is 0 Å². The topological polar surface area (TPSA) is 0 Å². The van der Waals surface area contributed by atoms with Gasteiger partial charge in [-0.3, -0.25) is 6.33 Å². The summed E-state index contributed by atoms with van der Waals surface area (Å²) in [5.74, 6) is -2.84. The van der Waals surface area contributed by atoms with Gasteiger partial charge in [-0.15, -0.1) is 0 Å². The van der Waals surface area contributed by atoms with Crippen LogP contribution in [-0.4, -0.2) is 6.18 Å². The van der Waals surface area contributed by atoms with Crippen LogP contribution in [-0.2, 0) is 0 Å². The van der Waals surface area contributed by atoms with Crippen LogP contribution in [0.15, 0.2) is 5.83 Å². The first kappa shape index (κ1) is 11.7. The quantitative estimate of drug-likeness (QED) is 0.232. The van der Waals surface area contributed by atoms with E-state index in [1.54, 1.807) is 0 Å². The van der Waals surface area contributed by atoms with Crippen molar-refractivity contribution in [2.45, 2.75) is 6.18 Å². The molecule has 0 unspecified atom stereocenters. The first-order valence-electron chi connectivity index (χ1n) is 1.44. The fourth-order valence-electron chi connectivity index (χ4n) is 0.0536. The van der Waals surface area contributed by atoms with Gasteiger partial charge in [-0.1, -0.05) is 0 Å². The summed E-state index contributed by atoms with van der Waals surface area (Å²) >= 11 is 0. The van der Waals surface area contributed by atoms with E-state index in [0.29, 0.717) is 0 Å². The normalized spacial score (nSPS) is 12.8. The Kier molecular flexibility index (Phi) is 5.10. The predicted molar refractivity (Wildman–Crippen MR) is 15.0 cm³/mol. The van der Waals surface area contributed by atoms with Crippen molar-refractivity contribution < 1.29 is 40.8 Å². The average molecular weight is 138 g/mol. The molecule has 0 radical (unpaired) electrons. The van der Waals surface area contributed by atoms with Crippen LogP contribution in [0.5, 0.6) is 0 Å². The molecule has 0 bridgehead atoms. The minimum Gasteiger partial charge on any atom is -0.455 e. The third kappa shape index (κ3) is 4.49. The zero-order valence-electron chi connectivity index (χ0n) is 4.39. The van der Waals surface area contributed by atoms with Gasteiger partial charge in [-0.05, 0) is 0 Å². The summed E-state index contributed by atoms with van der Waals surface area (Å²) in [5, 5.41) is 0. The molecule has 0 fully saturated rings. The Morgan fingerprint density at radius 2 is 1.56 bits per heavy atom. The summed E-state index contributed by atoms with van der Waals surface area (Å²) in [7, 11) is 0. The van der Waals surface area contributed by atoms with Crippen LogP contribution in [0.4, 0.5) is 22.0 Å². The van der Waals surface area contributed by atoms with Crippen molar-refractivity contribution in [1.29, 1.82) is 0 Å². The van der Waals surface area contributed by atoms with Crippen LogP contribution < -0.4 is 18.9 Å². The van der Waals surface area contributed by atoms with E-state index in [-0.39, 0.29) is 25.2 Å². The second kappa shape index (κ2) is 3.91. The molecule has 0 heterocycles. The molecule has 6 heteroatoms. The molecule has 48 valence electrons. The van der Waals surface area contributed by atoms with Gasteiger partial charge >= 0.3 is 25.0 Å². The monoisotopic (exact) mass is 138 g/mol. The molecule has 0 N–H and O–H groups in total. The van der Waals surface area contributed by atoms with Gasteiger partial charge < -0.3 is 4.39 Å². The number of allylic oxidation sites excluding steroid dienone is 1. The Morgan fingerprint density at radius 3 is 1.56 bits per heavy atom. The molecule has 0 saturated heterocycles. The molecule has 0 aliphatic heterocycles. The summed E-state index contributed by atoms with van der Waals surface area (Å²) in [5.41, 5.74) is 0. The molecule has 0 spiro atoms. The van der Waals surface area contributed by atoms with Gasteiger partial charge in [0, 0.05) is 0 Å². The molecule has 0 aromatic carbocycles. The van der Waals surface area contributed by atoms with Crippen LogP contribution in [0, 0.1) is 6.33 Å². The first-order valence-corrected chi connectivity index (χ1v) is 1.44. The van der Waals surface area contributed by atoms with E-state index in [9.17, 15) is 22.0 Å². The molecule has 0 aliphatic rings. The first-order chi connectivity index (χ1) is 3.48. The predicted octanol–water partition coefficient (Wildman–Crippen LogP) is -0.864. The van der Waals surface area contributed by atoms with Crippen LogP contribution in [0.25, 0.3) is 0 Å². The number of hydrogen-bond donors (Lipinski definition) is 0. The van der Waals surface area contributed by atoms with E-state index >= 15 is 0 Å². The maximum absolute atomic E-state index is 10.9. The molecule has 0 atom stereocenters. The maximum Gasteiger partial charge on any atom is 1.00 e. The summed E-state index contributed by atoms with van der Waals surface area (Å²) in [6.45, 7) is 0. The molecule has 0 aliphatic carbocycles. The minimum absolute atomic E-state index is 0. The molecule has 0 rings (SSSR count). The van der Waals surface area contributed by atoms with Gasteiger partial charge in [0.1, 0.15) is 0 Å². The van der Waals surface area contributed by atoms with Crippen molar-refractivity contribution in [3.63, 3.8) is 0 Å². The summed E-state index contributed by atoms with van der Waals surface area (Å²) < 4.78 is 53.6. The van der Waals surface area contributed by atoms with E-state index < -0.39 is 12.0 Å². The Labute approximate surface area is 59.9 Å². The van der Waals surface area contributed by atoms with E-state index in [1.165, 1.54) is 0 Å². The molecule has 0 amide bonds. The molecular weight excluding hydrogens is 138 g/mol. The van der Waals surface area contributed by atoms with E-state index in [4.69, 9.17) is 0 Å². The fraction of sp³-hybridized carbons (Fsp3) is 0.333. The minimum atomic E-state index is -5.23. The third-order valence-corrected chi connectivity index (χ3v) is 0.332. The van der Waals surface area contributed by atoms with Crippen molar-refractivity contribution >= 4 is 0 Å². The Morgan fingerprint density at radius 1 is 1.22 bits per heavy atom. The van der Waals surface area contributed by atoms with Crippen LogP contribution in [0.2, 0.25) is 0 Å². The van der Waals surface area contributed by atoms with Gasteiger partial charge in [0.15, 0.2) is 0 Å². The second-order valence-corrected chi connectivity index (χ2v) is 0.906. The zero-order chi connectivity index (χ0) is 6.78. The fourth-order valence-corrected chi connectivity index (χ4v) is 0.0536. The van der Waals surface area contributed by atoms with Gasteiger partial charge in [-0.25, -0.2) is 4.39 Å². The molecule has 0 saturated carbocycles. The standard InChI is InChI=1S/C3F5.Li/c4-1-2(5)3(6,7)8;/q-1;+1. The Hall–Kier alpha value is -0.0126. The number of rotatable bonds is 0. The van der Waals surface area contributed by atoms with Crippen molar-refractivity contribution in [3.05, 3.63) is 12.2 Å². The van der Waals surface area contributed by atoms with Gasteiger partial charge in [0.2, 0.25) is 0 Å². The Balaban J connectivity index is 0. The van der Waals surface area contributed by atoms with Crippen molar-refractivity contribution in [2.75, 3.05) is 0 Å². The molecule has 0 aromatic rings. The van der Waals surface area contributed by atoms with E-state index in [0.717, 1.165) is 0 Å². The van der Waals surface area contributed by atoms with Crippen LogP contribution in [0.1, 0.15) is 0 Å². The SMILES string of the molecule is F[C-]=C(F)C(F)(F)F.[Li+]. The van der Waals surface area contributed by atoms with Crippen molar-refractivity contribution in [1.82, 2.24) is 0 Å². The van der Waals surface area contributed by atoms with Gasteiger partial charge in [-0.2, -0.15) is 13.2 Å². The number of alkyl halides is 3.